The minimum absolute atomic E-state index is 0.0955. The quantitative estimate of drug-likeness (QED) is 0.555. The fourth-order valence-electron chi connectivity index (χ4n) is 5.06. The van der Waals surface area contributed by atoms with E-state index in [4.69, 9.17) is 9.47 Å². The van der Waals surface area contributed by atoms with Crippen LogP contribution >= 0.6 is 0 Å². The highest BCUT2D eigenvalue weighted by Gasteiger charge is 2.34. The number of benzene rings is 2. The van der Waals surface area contributed by atoms with E-state index < -0.39 is 0 Å². The third-order valence-corrected chi connectivity index (χ3v) is 7.10. The molecule has 0 N–H and O–H groups in total. The average molecular weight is 449 g/mol. The van der Waals surface area contributed by atoms with Gasteiger partial charge in [-0.05, 0) is 80.1 Å². The maximum Gasteiger partial charge on any atom is 0.226 e. The molecule has 0 saturated carbocycles. The van der Waals surface area contributed by atoms with Gasteiger partial charge in [-0.25, -0.2) is 0 Å². The van der Waals surface area contributed by atoms with Gasteiger partial charge >= 0.3 is 0 Å². The van der Waals surface area contributed by atoms with Gasteiger partial charge in [0.25, 0.3) is 0 Å². The maximum atomic E-state index is 13.5. The molecular formula is C28H36N2O3. The number of carbonyl (C=O) groups excluding carboxylic acids is 1. The molecule has 5 nitrogen and oxygen atoms in total. The van der Waals surface area contributed by atoms with Gasteiger partial charge in [0.15, 0.2) is 0 Å². The Hall–Kier alpha value is -2.79. The molecule has 33 heavy (non-hydrogen) atoms. The Morgan fingerprint density at radius 2 is 1.67 bits per heavy atom. The second-order valence-electron chi connectivity index (χ2n) is 9.16. The number of methoxy groups -OCH3 is 2. The molecule has 2 aromatic carbocycles. The SMILES string of the molecule is COc1ccc(CCN2CCC(C3CC=CCN(Cc4cccc(OC)c4)C3=O)CC2)cc1. The molecule has 1 atom stereocenters. The van der Waals surface area contributed by atoms with Crippen LogP contribution in [0.25, 0.3) is 0 Å². The fraction of sp³-hybridized carbons (Fsp3) is 0.464. The van der Waals surface area contributed by atoms with Gasteiger partial charge in [-0.3, -0.25) is 4.79 Å². The van der Waals surface area contributed by atoms with E-state index in [0.717, 1.165) is 62.4 Å². The zero-order valence-electron chi connectivity index (χ0n) is 19.9. The minimum atomic E-state index is 0.0955. The Morgan fingerprint density at radius 1 is 0.909 bits per heavy atom. The molecule has 0 bridgehead atoms. The molecule has 0 aromatic heterocycles. The molecule has 0 radical (unpaired) electrons. The normalized spacial score (nSPS) is 20.0. The maximum absolute atomic E-state index is 13.5. The molecular weight excluding hydrogens is 412 g/mol. The summed E-state index contributed by atoms with van der Waals surface area (Å²) in [4.78, 5) is 18.0. The summed E-state index contributed by atoms with van der Waals surface area (Å²) < 4.78 is 10.6. The van der Waals surface area contributed by atoms with Gasteiger partial charge in [0.2, 0.25) is 5.91 Å². The van der Waals surface area contributed by atoms with Crippen LogP contribution < -0.4 is 9.47 Å². The van der Waals surface area contributed by atoms with Crippen molar-refractivity contribution in [3.63, 3.8) is 0 Å². The number of hydrogen-bond donors (Lipinski definition) is 0. The zero-order valence-corrected chi connectivity index (χ0v) is 19.9. The molecule has 2 heterocycles. The number of likely N-dealkylation sites (tertiary alicyclic amines) is 1. The summed E-state index contributed by atoms with van der Waals surface area (Å²) >= 11 is 0. The van der Waals surface area contributed by atoms with E-state index in [1.807, 2.05) is 35.2 Å². The molecule has 176 valence electrons. The first-order valence-corrected chi connectivity index (χ1v) is 12.1. The number of hydrogen-bond acceptors (Lipinski definition) is 4. The molecule has 0 spiro atoms. The van der Waals surface area contributed by atoms with Gasteiger partial charge in [0.05, 0.1) is 14.2 Å². The number of piperidine rings is 1. The van der Waals surface area contributed by atoms with Crippen molar-refractivity contribution in [2.75, 3.05) is 40.4 Å². The zero-order chi connectivity index (χ0) is 23.0. The molecule has 1 saturated heterocycles. The Morgan fingerprint density at radius 3 is 2.39 bits per heavy atom. The Balaban J connectivity index is 1.30. The number of carbonyl (C=O) groups is 1. The third kappa shape index (κ3) is 6.17. The van der Waals surface area contributed by atoms with E-state index in [9.17, 15) is 4.79 Å². The summed E-state index contributed by atoms with van der Waals surface area (Å²) in [6, 6.07) is 16.4. The van der Waals surface area contributed by atoms with Crippen LogP contribution in [0.2, 0.25) is 0 Å². The standard InChI is InChI=1S/C28H36N2O3/c1-32-25-11-9-22(10-12-25)13-17-29-18-14-24(15-19-29)27-8-3-4-16-30(28(27)31)21-23-6-5-7-26(20-23)33-2/h3-7,9-12,20,24,27H,8,13-19,21H2,1-2H3. The molecule has 4 rings (SSSR count). The van der Waals surface area contributed by atoms with Gasteiger partial charge in [-0.15, -0.1) is 0 Å². The van der Waals surface area contributed by atoms with Crippen molar-refractivity contribution in [1.29, 1.82) is 0 Å². The number of ether oxygens (including phenoxy) is 2. The first-order valence-electron chi connectivity index (χ1n) is 12.1. The number of amides is 1. The van der Waals surface area contributed by atoms with E-state index in [1.54, 1.807) is 14.2 Å². The van der Waals surface area contributed by atoms with Gasteiger partial charge in [0.1, 0.15) is 11.5 Å². The molecule has 2 aliphatic rings. The highest BCUT2D eigenvalue weighted by atomic mass is 16.5. The summed E-state index contributed by atoms with van der Waals surface area (Å²) in [5.74, 6) is 2.61. The summed E-state index contributed by atoms with van der Waals surface area (Å²) in [5, 5.41) is 0. The number of rotatable bonds is 8. The summed E-state index contributed by atoms with van der Waals surface area (Å²) in [7, 11) is 3.38. The van der Waals surface area contributed by atoms with Gasteiger partial charge in [0, 0.05) is 25.6 Å². The summed E-state index contributed by atoms with van der Waals surface area (Å²) in [5.41, 5.74) is 2.46. The molecule has 0 aliphatic carbocycles. The van der Waals surface area contributed by atoms with Gasteiger partial charge in [-0.2, -0.15) is 0 Å². The highest BCUT2D eigenvalue weighted by Crippen LogP contribution is 2.31. The molecule has 2 aliphatic heterocycles. The van der Waals surface area contributed by atoms with Crippen molar-refractivity contribution in [2.45, 2.75) is 32.2 Å². The van der Waals surface area contributed by atoms with Gasteiger partial charge in [-0.1, -0.05) is 36.4 Å². The highest BCUT2D eigenvalue weighted by molar-refractivity contribution is 5.80. The fourth-order valence-corrected chi connectivity index (χ4v) is 5.06. The first-order chi connectivity index (χ1) is 16.2. The average Bonchev–Trinajstić information content (AvgIpc) is 3.05. The Labute approximate surface area is 198 Å². The van der Waals surface area contributed by atoms with Crippen LogP contribution in [-0.4, -0.2) is 56.1 Å². The lowest BCUT2D eigenvalue weighted by Crippen LogP contribution is -2.42. The molecule has 2 aromatic rings. The van der Waals surface area contributed by atoms with Crippen molar-refractivity contribution >= 4 is 5.91 Å². The summed E-state index contributed by atoms with van der Waals surface area (Å²) in [6.07, 6.45) is 8.48. The lowest BCUT2D eigenvalue weighted by molar-refractivity contribution is -0.137. The predicted octanol–water partition coefficient (Wildman–Crippen LogP) is 4.56. The largest absolute Gasteiger partial charge is 0.497 e. The molecule has 1 unspecified atom stereocenters. The smallest absolute Gasteiger partial charge is 0.226 e. The van der Waals surface area contributed by atoms with E-state index >= 15 is 0 Å². The van der Waals surface area contributed by atoms with Crippen LogP contribution in [0.3, 0.4) is 0 Å². The lowest BCUT2D eigenvalue weighted by Gasteiger charge is -2.36. The summed E-state index contributed by atoms with van der Waals surface area (Å²) in [6.45, 7) is 4.54. The van der Waals surface area contributed by atoms with Gasteiger partial charge < -0.3 is 19.3 Å². The predicted molar refractivity (Wildman–Crippen MR) is 132 cm³/mol. The number of allylic oxidation sites excluding steroid dienone is 1. The van der Waals surface area contributed by atoms with E-state index in [1.165, 1.54) is 5.56 Å². The van der Waals surface area contributed by atoms with Crippen molar-refractivity contribution in [3.8, 4) is 11.5 Å². The second kappa shape index (κ2) is 11.4. The lowest BCUT2D eigenvalue weighted by atomic mass is 9.81. The van der Waals surface area contributed by atoms with Crippen LogP contribution in [-0.2, 0) is 17.8 Å². The van der Waals surface area contributed by atoms with Crippen LogP contribution in [0.1, 0.15) is 30.4 Å². The molecule has 5 heteroatoms. The molecule has 1 amide bonds. The third-order valence-electron chi connectivity index (χ3n) is 7.10. The van der Waals surface area contributed by atoms with E-state index in [0.29, 0.717) is 24.9 Å². The second-order valence-corrected chi connectivity index (χ2v) is 9.16. The topological polar surface area (TPSA) is 42.0 Å². The monoisotopic (exact) mass is 448 g/mol. The van der Waals surface area contributed by atoms with Crippen LogP contribution in [0.15, 0.2) is 60.7 Å². The van der Waals surface area contributed by atoms with Crippen molar-refractivity contribution < 1.29 is 14.3 Å². The first kappa shape index (κ1) is 23.4. The number of nitrogens with zero attached hydrogens (tertiary/aromatic N) is 2. The van der Waals surface area contributed by atoms with Crippen molar-refractivity contribution in [3.05, 3.63) is 71.8 Å². The van der Waals surface area contributed by atoms with Crippen molar-refractivity contribution in [1.82, 2.24) is 9.80 Å². The van der Waals surface area contributed by atoms with Crippen LogP contribution in [0, 0.1) is 11.8 Å². The molecule has 1 fully saturated rings. The van der Waals surface area contributed by atoms with Crippen LogP contribution in [0.4, 0.5) is 0 Å². The Bertz CT molecular complexity index is 932. The van der Waals surface area contributed by atoms with Crippen LogP contribution in [0.5, 0.6) is 11.5 Å². The van der Waals surface area contributed by atoms with E-state index in [2.05, 4.69) is 35.3 Å². The van der Waals surface area contributed by atoms with E-state index in [-0.39, 0.29) is 5.92 Å². The Kier molecular flexibility index (Phi) is 8.05. The van der Waals surface area contributed by atoms with Crippen molar-refractivity contribution in [2.24, 2.45) is 11.8 Å². The minimum Gasteiger partial charge on any atom is -0.497 e.